The fourth-order valence-electron chi connectivity index (χ4n) is 3.78. The van der Waals surface area contributed by atoms with Gasteiger partial charge in [-0.2, -0.15) is 0 Å². The molecule has 0 amide bonds. The van der Waals surface area contributed by atoms with Crippen molar-refractivity contribution in [1.82, 2.24) is 0 Å². The van der Waals surface area contributed by atoms with Crippen LogP contribution in [0.4, 0.5) is 0 Å². The molecular formula is C12H20O. The van der Waals surface area contributed by atoms with E-state index in [0.717, 1.165) is 36.9 Å². The van der Waals surface area contributed by atoms with Gasteiger partial charge in [0.1, 0.15) is 6.29 Å². The van der Waals surface area contributed by atoms with Crippen molar-refractivity contribution < 1.29 is 4.79 Å². The molecule has 2 bridgehead atoms. The number of hydrogen-bond donors (Lipinski definition) is 0. The molecule has 0 radical (unpaired) electrons. The molecule has 2 rings (SSSR count). The fourth-order valence-corrected chi connectivity index (χ4v) is 3.78. The summed E-state index contributed by atoms with van der Waals surface area (Å²) < 4.78 is 0. The van der Waals surface area contributed by atoms with Gasteiger partial charge in [-0.1, -0.05) is 13.8 Å². The maximum absolute atomic E-state index is 10.4. The highest BCUT2D eigenvalue weighted by molar-refractivity contribution is 5.49. The summed E-state index contributed by atoms with van der Waals surface area (Å²) in [4.78, 5) is 10.4. The van der Waals surface area contributed by atoms with Gasteiger partial charge in [0, 0.05) is 6.42 Å². The van der Waals surface area contributed by atoms with Crippen LogP contribution in [0, 0.1) is 23.2 Å². The monoisotopic (exact) mass is 180 g/mol. The lowest BCUT2D eigenvalue weighted by Gasteiger charge is -2.39. The van der Waals surface area contributed by atoms with Gasteiger partial charge in [-0.05, 0) is 48.9 Å². The van der Waals surface area contributed by atoms with Crippen molar-refractivity contribution in [3.63, 3.8) is 0 Å². The first kappa shape index (κ1) is 9.23. The van der Waals surface area contributed by atoms with E-state index in [9.17, 15) is 4.79 Å². The van der Waals surface area contributed by atoms with E-state index in [2.05, 4.69) is 13.8 Å². The summed E-state index contributed by atoms with van der Waals surface area (Å²) >= 11 is 0. The molecular weight excluding hydrogens is 160 g/mol. The zero-order chi connectivity index (χ0) is 9.47. The molecule has 0 aliphatic heterocycles. The Balaban J connectivity index is 2.08. The molecule has 4 unspecified atom stereocenters. The van der Waals surface area contributed by atoms with Crippen LogP contribution in [0.15, 0.2) is 0 Å². The third-order valence-corrected chi connectivity index (χ3v) is 4.95. The Kier molecular flexibility index (Phi) is 2.21. The van der Waals surface area contributed by atoms with E-state index in [-0.39, 0.29) is 0 Å². The Morgan fingerprint density at radius 1 is 1.46 bits per heavy atom. The highest BCUT2D eigenvalue weighted by atomic mass is 16.1. The number of fused-ring (bicyclic) bond motifs is 2. The van der Waals surface area contributed by atoms with Crippen LogP contribution < -0.4 is 0 Å². The van der Waals surface area contributed by atoms with Crippen molar-refractivity contribution in [3.05, 3.63) is 0 Å². The highest BCUT2D eigenvalue weighted by Crippen LogP contribution is 2.61. The minimum absolute atomic E-state index is 0.490. The summed E-state index contributed by atoms with van der Waals surface area (Å²) in [5, 5.41) is 0. The highest BCUT2D eigenvalue weighted by Gasteiger charge is 2.52. The Hall–Kier alpha value is -0.330. The molecule has 0 N–H and O–H groups in total. The summed E-state index contributed by atoms with van der Waals surface area (Å²) in [5.74, 6) is 2.75. The third-order valence-electron chi connectivity index (χ3n) is 4.95. The number of carbonyl (C=O) groups is 1. The van der Waals surface area contributed by atoms with E-state index in [4.69, 9.17) is 0 Å². The van der Waals surface area contributed by atoms with Gasteiger partial charge in [0.25, 0.3) is 0 Å². The van der Waals surface area contributed by atoms with Gasteiger partial charge >= 0.3 is 0 Å². The molecule has 0 aromatic rings. The van der Waals surface area contributed by atoms with E-state index < -0.39 is 0 Å². The first-order valence-electron chi connectivity index (χ1n) is 5.62. The molecule has 4 atom stereocenters. The van der Waals surface area contributed by atoms with Crippen molar-refractivity contribution in [1.29, 1.82) is 0 Å². The summed E-state index contributed by atoms with van der Waals surface area (Å²) in [6.07, 6.45) is 7.29. The van der Waals surface area contributed by atoms with Crippen molar-refractivity contribution in [2.24, 2.45) is 23.2 Å². The second-order valence-electron chi connectivity index (χ2n) is 5.27. The molecule has 13 heavy (non-hydrogen) atoms. The average molecular weight is 180 g/mol. The average Bonchev–Trinajstić information content (AvgIpc) is 2.68. The van der Waals surface area contributed by atoms with E-state index >= 15 is 0 Å². The lowest BCUT2D eigenvalue weighted by molar-refractivity contribution is -0.108. The third kappa shape index (κ3) is 1.24. The molecule has 0 heterocycles. The molecule has 2 aliphatic carbocycles. The lowest BCUT2D eigenvalue weighted by atomic mass is 9.66. The van der Waals surface area contributed by atoms with Crippen molar-refractivity contribution in [2.45, 2.75) is 46.0 Å². The van der Waals surface area contributed by atoms with E-state index in [1.165, 1.54) is 19.3 Å². The van der Waals surface area contributed by atoms with Crippen LogP contribution in [0.1, 0.15) is 46.0 Å². The summed E-state index contributed by atoms with van der Waals surface area (Å²) in [6, 6.07) is 0. The molecule has 2 fully saturated rings. The van der Waals surface area contributed by atoms with Crippen LogP contribution >= 0.6 is 0 Å². The van der Waals surface area contributed by atoms with E-state index in [1.54, 1.807) is 0 Å². The Morgan fingerprint density at radius 3 is 2.77 bits per heavy atom. The fraction of sp³-hybridized carbons (Fsp3) is 0.917. The van der Waals surface area contributed by atoms with Gasteiger partial charge in [-0.15, -0.1) is 0 Å². The largest absolute Gasteiger partial charge is 0.303 e. The van der Waals surface area contributed by atoms with Crippen molar-refractivity contribution in [2.75, 3.05) is 0 Å². The second-order valence-corrected chi connectivity index (χ2v) is 5.27. The predicted octanol–water partition coefficient (Wildman–Crippen LogP) is 3.04. The van der Waals surface area contributed by atoms with Crippen molar-refractivity contribution >= 4 is 6.29 Å². The zero-order valence-corrected chi connectivity index (χ0v) is 8.75. The molecule has 2 aliphatic rings. The Morgan fingerprint density at radius 2 is 2.23 bits per heavy atom. The molecule has 1 heteroatoms. The van der Waals surface area contributed by atoms with Crippen LogP contribution in [-0.2, 0) is 4.79 Å². The molecule has 0 aromatic carbocycles. The van der Waals surface area contributed by atoms with Crippen LogP contribution in [0.5, 0.6) is 0 Å². The van der Waals surface area contributed by atoms with E-state index in [0.29, 0.717) is 5.41 Å². The quantitative estimate of drug-likeness (QED) is 0.610. The standard InChI is InChI=1S/C12H20O/c1-9-10-4-5-11(8-10)12(9,2)6-3-7-13/h7,9-11H,3-6,8H2,1-2H3. The van der Waals surface area contributed by atoms with Gasteiger partial charge in [0.05, 0.1) is 0 Å². The topological polar surface area (TPSA) is 17.1 Å². The van der Waals surface area contributed by atoms with Gasteiger partial charge < -0.3 is 4.79 Å². The molecule has 0 saturated heterocycles. The Bertz CT molecular complexity index is 207. The summed E-state index contributed by atoms with van der Waals surface area (Å²) in [6.45, 7) is 4.81. The molecule has 0 spiro atoms. The molecule has 74 valence electrons. The van der Waals surface area contributed by atoms with Crippen LogP contribution in [0.3, 0.4) is 0 Å². The van der Waals surface area contributed by atoms with Gasteiger partial charge in [0.15, 0.2) is 0 Å². The smallest absolute Gasteiger partial charge is 0.120 e. The number of carbonyl (C=O) groups excluding carboxylic acids is 1. The zero-order valence-electron chi connectivity index (χ0n) is 8.75. The molecule has 0 aromatic heterocycles. The molecule has 1 nitrogen and oxygen atoms in total. The van der Waals surface area contributed by atoms with Gasteiger partial charge in [-0.25, -0.2) is 0 Å². The van der Waals surface area contributed by atoms with Gasteiger partial charge in [0.2, 0.25) is 0 Å². The maximum Gasteiger partial charge on any atom is 0.120 e. The SMILES string of the molecule is CC1C2CCC(C2)C1(C)CCC=O. The first-order valence-corrected chi connectivity index (χ1v) is 5.62. The summed E-state index contributed by atoms with van der Waals surface area (Å²) in [7, 11) is 0. The van der Waals surface area contributed by atoms with E-state index in [1.807, 2.05) is 0 Å². The van der Waals surface area contributed by atoms with Crippen LogP contribution in [0.25, 0.3) is 0 Å². The second kappa shape index (κ2) is 3.11. The van der Waals surface area contributed by atoms with Gasteiger partial charge in [-0.3, -0.25) is 0 Å². The van der Waals surface area contributed by atoms with Crippen LogP contribution in [0.2, 0.25) is 0 Å². The normalized spacial score (nSPS) is 48.3. The van der Waals surface area contributed by atoms with Crippen molar-refractivity contribution in [3.8, 4) is 0 Å². The minimum Gasteiger partial charge on any atom is -0.303 e. The lowest BCUT2D eigenvalue weighted by Crippen LogP contribution is -2.31. The maximum atomic E-state index is 10.4. The first-order chi connectivity index (χ1) is 6.18. The predicted molar refractivity (Wildman–Crippen MR) is 53.4 cm³/mol. The Labute approximate surface area is 80.9 Å². The van der Waals surface area contributed by atoms with Crippen LogP contribution in [-0.4, -0.2) is 6.29 Å². The summed E-state index contributed by atoms with van der Waals surface area (Å²) in [5.41, 5.74) is 0.490. The minimum atomic E-state index is 0.490. The number of rotatable bonds is 3. The number of hydrogen-bond acceptors (Lipinski definition) is 1. The number of aldehydes is 1. The molecule has 2 saturated carbocycles.